The molecule has 2 heterocycles. The number of aliphatic hydroxyl groups is 1. The highest BCUT2D eigenvalue weighted by Gasteiger charge is 2.40. The molecule has 1 N–H and O–H groups in total. The largest absolute Gasteiger partial charge is 0.492 e. The second-order valence-corrected chi connectivity index (χ2v) is 9.81. The summed E-state index contributed by atoms with van der Waals surface area (Å²) in [4.78, 5) is 15.8. The van der Waals surface area contributed by atoms with Gasteiger partial charge in [-0.25, -0.2) is 8.78 Å². The summed E-state index contributed by atoms with van der Waals surface area (Å²) in [6.07, 6.45) is 0.537. The molecule has 2 aromatic rings. The molecule has 2 aliphatic rings. The van der Waals surface area contributed by atoms with Gasteiger partial charge in [0.1, 0.15) is 19.0 Å². The third kappa shape index (κ3) is 5.88. The van der Waals surface area contributed by atoms with Gasteiger partial charge in [-0.15, -0.1) is 0 Å². The summed E-state index contributed by atoms with van der Waals surface area (Å²) in [5, 5.41) is 9.22. The summed E-state index contributed by atoms with van der Waals surface area (Å²) in [6.45, 7) is 4.09. The first-order valence-electron chi connectivity index (χ1n) is 12.1. The fraction of sp³-hybridized carbons (Fsp3) is 0.519. The topological polar surface area (TPSA) is 53.0 Å². The van der Waals surface area contributed by atoms with Crippen molar-refractivity contribution < 1.29 is 27.8 Å². The molecule has 35 heavy (non-hydrogen) atoms. The molecule has 2 atom stereocenters. The van der Waals surface area contributed by atoms with Crippen molar-refractivity contribution in [3.05, 3.63) is 64.7 Å². The SMILES string of the molecule is CC(=O)c1ccc2c(c1)C[C@H](C)N(CC(F)(F)CO)C2c1ccc(OCCN2CC(CF)C2)cc1. The number of ketones is 1. The van der Waals surface area contributed by atoms with Gasteiger partial charge in [0.05, 0.1) is 19.3 Å². The number of fused-ring (bicyclic) bond motifs is 1. The first-order valence-corrected chi connectivity index (χ1v) is 12.1. The van der Waals surface area contributed by atoms with Crippen molar-refractivity contribution in [1.82, 2.24) is 9.80 Å². The molecular weight excluding hydrogens is 457 g/mol. The normalized spacial score (nSPS) is 21.4. The standard InChI is InChI=1S/C27H33F3N2O3/c1-18-11-23-12-22(19(2)34)5-8-25(23)26(32(18)16-27(29,30)17-33)21-3-6-24(7-4-21)35-10-9-31-14-20(13-28)15-31/h3-8,12,18,20,26,33H,9-11,13-17H2,1-2H3/t18-,26?/m0/s1. The van der Waals surface area contributed by atoms with Crippen LogP contribution in [0.1, 0.15) is 46.9 Å². The number of likely N-dealkylation sites (tertiary alicyclic amines) is 1. The molecule has 0 amide bonds. The number of Topliss-reactive ketones (excluding diaryl/α,β-unsaturated/α-hetero) is 1. The average Bonchev–Trinajstić information content (AvgIpc) is 2.81. The van der Waals surface area contributed by atoms with E-state index in [1.807, 2.05) is 43.3 Å². The number of aliphatic hydroxyl groups excluding tert-OH is 1. The molecule has 0 aliphatic carbocycles. The van der Waals surface area contributed by atoms with Crippen molar-refractivity contribution in [1.29, 1.82) is 0 Å². The van der Waals surface area contributed by atoms with Crippen LogP contribution < -0.4 is 4.74 Å². The Morgan fingerprint density at radius 3 is 2.51 bits per heavy atom. The molecule has 1 saturated heterocycles. The van der Waals surface area contributed by atoms with Crippen LogP contribution in [0.2, 0.25) is 0 Å². The van der Waals surface area contributed by atoms with Crippen LogP contribution in [-0.4, -0.2) is 78.7 Å². The fourth-order valence-electron chi connectivity index (χ4n) is 5.07. The summed E-state index contributed by atoms with van der Waals surface area (Å²) < 4.78 is 47.0. The number of nitrogens with zero attached hydrogens (tertiary/aromatic N) is 2. The highest BCUT2D eigenvalue weighted by atomic mass is 19.3. The Kier molecular flexibility index (Phi) is 7.83. The predicted octanol–water partition coefficient (Wildman–Crippen LogP) is 4.13. The van der Waals surface area contributed by atoms with Gasteiger partial charge in [0.2, 0.25) is 0 Å². The van der Waals surface area contributed by atoms with Gasteiger partial charge in [-0.2, -0.15) is 0 Å². The molecule has 2 aliphatic heterocycles. The molecule has 2 aromatic carbocycles. The summed E-state index contributed by atoms with van der Waals surface area (Å²) in [5.41, 5.74) is 3.30. The number of hydrogen-bond acceptors (Lipinski definition) is 5. The van der Waals surface area contributed by atoms with Crippen molar-refractivity contribution >= 4 is 5.78 Å². The first-order chi connectivity index (χ1) is 16.7. The lowest BCUT2D eigenvalue weighted by Gasteiger charge is -2.43. The Balaban J connectivity index is 1.54. The maximum atomic E-state index is 14.3. The number of carbonyl (C=O) groups is 1. The fourth-order valence-corrected chi connectivity index (χ4v) is 5.07. The van der Waals surface area contributed by atoms with Gasteiger partial charge in [0.15, 0.2) is 5.78 Å². The van der Waals surface area contributed by atoms with Crippen molar-refractivity contribution in [2.45, 2.75) is 38.3 Å². The van der Waals surface area contributed by atoms with Crippen LogP contribution in [0, 0.1) is 5.92 Å². The minimum atomic E-state index is -3.23. The van der Waals surface area contributed by atoms with Crippen molar-refractivity contribution in [2.75, 3.05) is 46.1 Å². The van der Waals surface area contributed by atoms with Gasteiger partial charge in [-0.05, 0) is 55.2 Å². The van der Waals surface area contributed by atoms with E-state index in [-0.39, 0.29) is 24.4 Å². The molecule has 8 heteroatoms. The molecule has 0 radical (unpaired) electrons. The third-order valence-corrected chi connectivity index (χ3v) is 7.03. The second-order valence-electron chi connectivity index (χ2n) is 9.81. The number of alkyl halides is 3. The summed E-state index contributed by atoms with van der Waals surface area (Å²) in [5.74, 6) is -2.45. The Hall–Kier alpha value is -2.42. The van der Waals surface area contributed by atoms with Gasteiger partial charge in [0, 0.05) is 37.2 Å². The molecule has 0 saturated carbocycles. The van der Waals surface area contributed by atoms with Gasteiger partial charge in [0.25, 0.3) is 5.92 Å². The molecule has 0 aromatic heterocycles. The summed E-state index contributed by atoms with van der Waals surface area (Å²) in [7, 11) is 0. The summed E-state index contributed by atoms with van der Waals surface area (Å²) >= 11 is 0. The van der Waals surface area contributed by atoms with E-state index in [0.717, 1.165) is 36.3 Å². The smallest absolute Gasteiger partial charge is 0.283 e. The molecule has 0 bridgehead atoms. The van der Waals surface area contributed by atoms with E-state index < -0.39 is 25.1 Å². The van der Waals surface area contributed by atoms with Gasteiger partial charge < -0.3 is 9.84 Å². The lowest BCUT2D eigenvalue weighted by Crippen LogP contribution is -2.49. The van der Waals surface area contributed by atoms with Crippen LogP contribution in [0.5, 0.6) is 5.75 Å². The molecule has 1 fully saturated rings. The van der Waals surface area contributed by atoms with Crippen LogP contribution in [0.15, 0.2) is 42.5 Å². The van der Waals surface area contributed by atoms with Gasteiger partial charge in [-0.1, -0.05) is 24.3 Å². The number of benzene rings is 2. The Labute approximate surface area is 204 Å². The molecular formula is C27H33F3N2O3. The molecule has 4 rings (SSSR count). The highest BCUT2D eigenvalue weighted by Crippen LogP contribution is 2.40. The summed E-state index contributed by atoms with van der Waals surface area (Å²) in [6, 6.07) is 12.2. The maximum Gasteiger partial charge on any atom is 0.283 e. The van der Waals surface area contributed by atoms with E-state index in [1.54, 1.807) is 11.0 Å². The average molecular weight is 491 g/mol. The minimum absolute atomic E-state index is 0.0359. The van der Waals surface area contributed by atoms with E-state index >= 15 is 0 Å². The van der Waals surface area contributed by atoms with Crippen LogP contribution >= 0.6 is 0 Å². The lowest BCUT2D eigenvalue weighted by molar-refractivity contribution is -0.0862. The number of hydrogen-bond donors (Lipinski definition) is 1. The van der Waals surface area contributed by atoms with Crippen molar-refractivity contribution in [2.24, 2.45) is 5.92 Å². The van der Waals surface area contributed by atoms with E-state index in [4.69, 9.17) is 4.74 Å². The van der Waals surface area contributed by atoms with Gasteiger partial charge in [-0.3, -0.25) is 19.0 Å². The zero-order valence-electron chi connectivity index (χ0n) is 20.2. The van der Waals surface area contributed by atoms with E-state index in [0.29, 0.717) is 24.3 Å². The zero-order valence-corrected chi connectivity index (χ0v) is 20.2. The highest BCUT2D eigenvalue weighted by molar-refractivity contribution is 5.94. The van der Waals surface area contributed by atoms with Crippen LogP contribution in [0.25, 0.3) is 0 Å². The second kappa shape index (κ2) is 10.7. The maximum absolute atomic E-state index is 14.3. The number of ether oxygens (including phenoxy) is 1. The monoisotopic (exact) mass is 490 g/mol. The van der Waals surface area contributed by atoms with E-state index in [1.165, 1.54) is 6.92 Å². The number of halogens is 3. The molecule has 190 valence electrons. The van der Waals surface area contributed by atoms with Gasteiger partial charge >= 0.3 is 0 Å². The third-order valence-electron chi connectivity index (χ3n) is 7.03. The van der Waals surface area contributed by atoms with E-state index in [9.17, 15) is 23.1 Å². The first kappa shape index (κ1) is 25.7. The van der Waals surface area contributed by atoms with Crippen LogP contribution in [0.3, 0.4) is 0 Å². The Bertz CT molecular complexity index is 1020. The number of rotatable bonds is 10. The molecule has 5 nitrogen and oxygen atoms in total. The Morgan fingerprint density at radius 2 is 1.89 bits per heavy atom. The van der Waals surface area contributed by atoms with Crippen LogP contribution in [-0.2, 0) is 6.42 Å². The van der Waals surface area contributed by atoms with Crippen molar-refractivity contribution in [3.8, 4) is 5.75 Å². The minimum Gasteiger partial charge on any atom is -0.492 e. The molecule has 1 unspecified atom stereocenters. The zero-order chi connectivity index (χ0) is 25.2. The lowest BCUT2D eigenvalue weighted by atomic mass is 9.83. The predicted molar refractivity (Wildman–Crippen MR) is 128 cm³/mol. The molecule has 0 spiro atoms. The van der Waals surface area contributed by atoms with Crippen LogP contribution in [0.4, 0.5) is 13.2 Å². The number of carbonyl (C=O) groups excluding carboxylic acids is 1. The Morgan fingerprint density at radius 1 is 1.17 bits per heavy atom. The van der Waals surface area contributed by atoms with E-state index in [2.05, 4.69) is 4.90 Å². The van der Waals surface area contributed by atoms with Crippen molar-refractivity contribution in [3.63, 3.8) is 0 Å². The quantitative estimate of drug-likeness (QED) is 0.508.